The number of amides is 1. The predicted octanol–water partition coefficient (Wildman–Crippen LogP) is -0.798. The Kier molecular flexibility index (Phi) is 1.87. The summed E-state index contributed by atoms with van der Waals surface area (Å²) in [7, 11) is -3.29. The van der Waals surface area contributed by atoms with Gasteiger partial charge in [-0.05, 0) is 12.8 Å². The zero-order chi connectivity index (χ0) is 11.3. The third-order valence-electron chi connectivity index (χ3n) is 2.46. The van der Waals surface area contributed by atoms with Crippen molar-refractivity contribution in [3.05, 3.63) is 11.7 Å². The zero-order valence-corrected chi connectivity index (χ0v) is 8.74. The number of nitrogens with zero attached hydrogens (tertiary/aromatic N) is 2. The van der Waals surface area contributed by atoms with Gasteiger partial charge in [-0.3, -0.25) is 4.79 Å². The van der Waals surface area contributed by atoms with Crippen molar-refractivity contribution in [3.63, 3.8) is 0 Å². The summed E-state index contributed by atoms with van der Waals surface area (Å²) in [6.45, 7) is 0. The van der Waals surface area contributed by atoms with Crippen LogP contribution in [0.4, 0.5) is 0 Å². The summed E-state index contributed by atoms with van der Waals surface area (Å²) in [5, 5.41) is 3.47. The Balaban J connectivity index is 2.43. The SMILES string of the molecule is CS(=O)(=O)C1(c2noc(C(N)=O)n2)CC1. The van der Waals surface area contributed by atoms with Crippen LogP contribution >= 0.6 is 0 Å². The van der Waals surface area contributed by atoms with Crippen LogP contribution in [-0.2, 0) is 14.6 Å². The van der Waals surface area contributed by atoms with Crippen molar-refractivity contribution in [2.75, 3.05) is 6.26 Å². The highest BCUT2D eigenvalue weighted by Crippen LogP contribution is 2.50. The molecule has 1 fully saturated rings. The highest BCUT2D eigenvalue weighted by molar-refractivity contribution is 7.91. The van der Waals surface area contributed by atoms with Gasteiger partial charge < -0.3 is 10.3 Å². The van der Waals surface area contributed by atoms with Crippen LogP contribution in [0.15, 0.2) is 4.52 Å². The molecule has 0 atom stereocenters. The molecule has 1 heterocycles. The molecule has 1 aliphatic carbocycles. The minimum absolute atomic E-state index is 0.0267. The number of hydrogen-bond acceptors (Lipinski definition) is 6. The molecule has 1 aromatic heterocycles. The molecule has 0 aliphatic heterocycles. The molecule has 15 heavy (non-hydrogen) atoms. The molecule has 1 amide bonds. The first kappa shape index (κ1) is 10.1. The average Bonchev–Trinajstić information content (AvgIpc) is 2.77. The maximum Gasteiger partial charge on any atom is 0.315 e. The number of carbonyl (C=O) groups is 1. The van der Waals surface area contributed by atoms with E-state index in [1.165, 1.54) is 0 Å². The van der Waals surface area contributed by atoms with Crippen molar-refractivity contribution in [2.24, 2.45) is 5.73 Å². The van der Waals surface area contributed by atoms with Gasteiger partial charge in [-0.1, -0.05) is 5.16 Å². The Morgan fingerprint density at radius 2 is 2.13 bits per heavy atom. The molecule has 8 heteroatoms. The predicted molar refractivity (Wildman–Crippen MR) is 48.6 cm³/mol. The number of primary amides is 1. The molecular formula is C7H9N3O4S. The van der Waals surface area contributed by atoms with E-state index in [-0.39, 0.29) is 11.7 Å². The van der Waals surface area contributed by atoms with Gasteiger partial charge in [-0.25, -0.2) is 8.42 Å². The lowest BCUT2D eigenvalue weighted by molar-refractivity contribution is 0.0958. The molecule has 0 aromatic carbocycles. The fourth-order valence-electron chi connectivity index (χ4n) is 1.38. The maximum absolute atomic E-state index is 11.5. The van der Waals surface area contributed by atoms with Crippen LogP contribution in [0.5, 0.6) is 0 Å². The molecule has 2 N–H and O–H groups in total. The van der Waals surface area contributed by atoms with Gasteiger partial charge in [-0.2, -0.15) is 4.98 Å². The van der Waals surface area contributed by atoms with Gasteiger partial charge in [0.1, 0.15) is 4.75 Å². The summed E-state index contributed by atoms with van der Waals surface area (Å²) in [4.78, 5) is 14.4. The highest BCUT2D eigenvalue weighted by Gasteiger charge is 2.57. The Hall–Kier alpha value is -1.44. The van der Waals surface area contributed by atoms with Crippen LogP contribution in [0.1, 0.15) is 29.4 Å². The molecule has 0 saturated heterocycles. The minimum Gasteiger partial charge on any atom is -0.361 e. The van der Waals surface area contributed by atoms with Crippen molar-refractivity contribution in [1.29, 1.82) is 0 Å². The number of rotatable bonds is 3. The van der Waals surface area contributed by atoms with Crippen molar-refractivity contribution in [1.82, 2.24) is 10.1 Å². The summed E-state index contributed by atoms with van der Waals surface area (Å²) >= 11 is 0. The molecule has 0 unspecified atom stereocenters. The van der Waals surface area contributed by atoms with Gasteiger partial charge in [0.25, 0.3) is 0 Å². The topological polar surface area (TPSA) is 116 Å². The van der Waals surface area contributed by atoms with Crippen LogP contribution in [0.3, 0.4) is 0 Å². The number of carbonyl (C=O) groups excluding carboxylic acids is 1. The van der Waals surface area contributed by atoms with Gasteiger partial charge in [0, 0.05) is 6.26 Å². The lowest BCUT2D eigenvalue weighted by atomic mass is 10.4. The molecule has 7 nitrogen and oxygen atoms in total. The second-order valence-electron chi connectivity index (χ2n) is 3.55. The van der Waals surface area contributed by atoms with Crippen molar-refractivity contribution < 1.29 is 17.7 Å². The molecule has 0 spiro atoms. The van der Waals surface area contributed by atoms with Crippen LogP contribution in [0, 0.1) is 0 Å². The molecule has 1 aromatic rings. The van der Waals surface area contributed by atoms with E-state index in [1.807, 2.05) is 0 Å². The Bertz CT molecular complexity index is 514. The number of aromatic nitrogens is 2. The maximum atomic E-state index is 11.5. The molecule has 1 aliphatic rings. The number of hydrogen-bond donors (Lipinski definition) is 1. The van der Waals surface area contributed by atoms with E-state index < -0.39 is 20.5 Å². The molecule has 82 valence electrons. The van der Waals surface area contributed by atoms with Crippen molar-refractivity contribution in [3.8, 4) is 0 Å². The monoisotopic (exact) mass is 231 g/mol. The van der Waals surface area contributed by atoms with Crippen LogP contribution < -0.4 is 5.73 Å². The van der Waals surface area contributed by atoms with Gasteiger partial charge in [0.05, 0.1) is 0 Å². The van der Waals surface area contributed by atoms with Crippen molar-refractivity contribution in [2.45, 2.75) is 17.6 Å². The Labute approximate surface area is 85.6 Å². The standard InChI is InChI=1S/C7H9N3O4S/c1-15(12,13)7(2-3-7)6-9-5(4(8)11)14-10-6/h2-3H2,1H3,(H2,8,11). The van der Waals surface area contributed by atoms with Crippen molar-refractivity contribution >= 4 is 15.7 Å². The van der Waals surface area contributed by atoms with E-state index in [0.717, 1.165) is 6.26 Å². The Morgan fingerprint density at radius 3 is 2.47 bits per heavy atom. The fourth-order valence-corrected chi connectivity index (χ4v) is 2.64. The minimum atomic E-state index is -3.29. The highest BCUT2D eigenvalue weighted by atomic mass is 32.2. The summed E-state index contributed by atoms with van der Waals surface area (Å²) in [5.41, 5.74) is 4.92. The lowest BCUT2D eigenvalue weighted by Gasteiger charge is -2.05. The smallest absolute Gasteiger partial charge is 0.315 e. The first-order valence-electron chi connectivity index (χ1n) is 4.20. The van der Waals surface area contributed by atoms with E-state index in [4.69, 9.17) is 5.73 Å². The lowest BCUT2D eigenvalue weighted by Crippen LogP contribution is -2.21. The number of nitrogens with two attached hydrogens (primary N) is 1. The summed E-state index contributed by atoms with van der Waals surface area (Å²) in [6, 6.07) is 0. The van der Waals surface area contributed by atoms with E-state index in [2.05, 4.69) is 14.7 Å². The average molecular weight is 231 g/mol. The molecular weight excluding hydrogens is 222 g/mol. The van der Waals surface area contributed by atoms with E-state index in [9.17, 15) is 13.2 Å². The molecule has 2 rings (SSSR count). The quantitative estimate of drug-likeness (QED) is 0.728. The Morgan fingerprint density at radius 1 is 1.53 bits per heavy atom. The van der Waals surface area contributed by atoms with Gasteiger partial charge >= 0.3 is 11.8 Å². The largest absolute Gasteiger partial charge is 0.361 e. The van der Waals surface area contributed by atoms with Crippen LogP contribution in [0.25, 0.3) is 0 Å². The van der Waals surface area contributed by atoms with Gasteiger partial charge in [-0.15, -0.1) is 0 Å². The number of sulfone groups is 1. The summed E-state index contributed by atoms with van der Waals surface area (Å²) < 4.78 is 26.4. The van der Waals surface area contributed by atoms with Crippen LogP contribution in [-0.4, -0.2) is 30.7 Å². The normalized spacial score (nSPS) is 18.7. The summed E-state index contributed by atoms with van der Waals surface area (Å²) in [6.07, 6.45) is 2.01. The molecule has 0 bridgehead atoms. The third kappa shape index (κ3) is 1.41. The molecule has 1 saturated carbocycles. The van der Waals surface area contributed by atoms with Gasteiger partial charge in [0.2, 0.25) is 0 Å². The van der Waals surface area contributed by atoms with E-state index >= 15 is 0 Å². The molecule has 0 radical (unpaired) electrons. The second kappa shape index (κ2) is 2.78. The van der Waals surface area contributed by atoms with E-state index in [1.54, 1.807) is 0 Å². The first-order valence-corrected chi connectivity index (χ1v) is 6.09. The van der Waals surface area contributed by atoms with E-state index in [0.29, 0.717) is 12.8 Å². The first-order chi connectivity index (χ1) is 6.87. The second-order valence-corrected chi connectivity index (χ2v) is 5.88. The fraction of sp³-hybridized carbons (Fsp3) is 0.571. The third-order valence-corrected chi connectivity index (χ3v) is 4.47. The van der Waals surface area contributed by atoms with Crippen LogP contribution in [0.2, 0.25) is 0 Å². The zero-order valence-electron chi connectivity index (χ0n) is 7.93. The van der Waals surface area contributed by atoms with Gasteiger partial charge in [0.15, 0.2) is 15.7 Å². The summed E-state index contributed by atoms with van der Waals surface area (Å²) in [5.74, 6) is -1.20.